The molecular weight excluding hydrogens is 366 g/mol. The van der Waals surface area contributed by atoms with E-state index in [1.54, 1.807) is 30.3 Å². The van der Waals surface area contributed by atoms with Gasteiger partial charge in [-0.05, 0) is 29.8 Å². The number of carbonyl (C=O) groups excluding carboxylic acids is 1. The summed E-state index contributed by atoms with van der Waals surface area (Å²) in [6, 6.07) is 19.5. The smallest absolute Gasteiger partial charge is 0.334 e. The lowest BCUT2D eigenvalue weighted by molar-refractivity contribution is 0.256. The number of carbonyl (C=O) groups is 1. The Balaban J connectivity index is 1.68. The Morgan fingerprint density at radius 1 is 0.926 bits per heavy atom. The molecule has 0 aliphatic rings. The van der Waals surface area contributed by atoms with E-state index >= 15 is 0 Å². The molecule has 8 heteroatoms. The first-order valence-corrected chi connectivity index (χ1v) is 9.53. The summed E-state index contributed by atoms with van der Waals surface area (Å²) in [4.78, 5) is 16.2. The van der Waals surface area contributed by atoms with E-state index in [0.717, 1.165) is 5.56 Å². The molecule has 3 rings (SSSR count). The van der Waals surface area contributed by atoms with Crippen molar-refractivity contribution in [2.45, 2.75) is 11.5 Å². The number of hydrogen-bond donors (Lipinski definition) is 2. The summed E-state index contributed by atoms with van der Waals surface area (Å²) in [5.74, 6) is 0.447. The predicted molar refractivity (Wildman–Crippen MR) is 101 cm³/mol. The van der Waals surface area contributed by atoms with Crippen LogP contribution in [0.25, 0.3) is 0 Å². The molecule has 2 aromatic carbocycles. The Bertz CT molecular complexity index is 1010. The highest BCUT2D eigenvalue weighted by molar-refractivity contribution is 7.90. The zero-order chi connectivity index (χ0) is 19.1. The Morgan fingerprint density at radius 3 is 2.30 bits per heavy atom. The van der Waals surface area contributed by atoms with E-state index in [2.05, 4.69) is 10.3 Å². The van der Waals surface area contributed by atoms with Gasteiger partial charge < -0.3 is 4.74 Å². The van der Waals surface area contributed by atoms with E-state index < -0.39 is 16.1 Å². The van der Waals surface area contributed by atoms with Crippen molar-refractivity contribution in [2.24, 2.45) is 0 Å². The lowest BCUT2D eigenvalue weighted by Gasteiger charge is -2.12. The lowest BCUT2D eigenvalue weighted by Crippen LogP contribution is -2.34. The van der Waals surface area contributed by atoms with Crippen molar-refractivity contribution >= 4 is 21.9 Å². The number of pyridine rings is 1. The van der Waals surface area contributed by atoms with Crippen molar-refractivity contribution in [1.82, 2.24) is 9.71 Å². The summed E-state index contributed by atoms with van der Waals surface area (Å²) in [6.07, 6.45) is 1.47. The number of nitrogens with zero attached hydrogens (tertiary/aromatic N) is 1. The first kappa shape index (κ1) is 18.4. The topological polar surface area (TPSA) is 97.4 Å². The van der Waals surface area contributed by atoms with Crippen molar-refractivity contribution in [1.29, 1.82) is 0 Å². The molecule has 0 fully saturated rings. The molecule has 7 nitrogen and oxygen atoms in total. The van der Waals surface area contributed by atoms with Gasteiger partial charge in [0.05, 0.1) is 4.90 Å². The first-order chi connectivity index (χ1) is 13.0. The van der Waals surface area contributed by atoms with Crippen LogP contribution in [0.4, 0.5) is 10.6 Å². The third kappa shape index (κ3) is 5.05. The lowest BCUT2D eigenvalue weighted by atomic mass is 10.2. The van der Waals surface area contributed by atoms with Crippen LogP contribution < -0.4 is 14.8 Å². The number of aromatic nitrogens is 1. The summed E-state index contributed by atoms with van der Waals surface area (Å²) in [7, 11) is -3.98. The maximum absolute atomic E-state index is 12.2. The SMILES string of the molecule is O=C(Nc1ncccc1OCc1ccccc1)NS(=O)(=O)c1ccccc1. The molecule has 0 radical (unpaired) electrons. The zero-order valence-corrected chi connectivity index (χ0v) is 15.0. The molecule has 138 valence electrons. The van der Waals surface area contributed by atoms with Crippen LogP contribution in [0.15, 0.2) is 83.9 Å². The maximum atomic E-state index is 12.2. The average molecular weight is 383 g/mol. The number of amides is 2. The molecule has 0 bridgehead atoms. The first-order valence-electron chi connectivity index (χ1n) is 8.05. The summed E-state index contributed by atoms with van der Waals surface area (Å²) in [6.45, 7) is 0.283. The van der Waals surface area contributed by atoms with Gasteiger partial charge in [0.25, 0.3) is 10.0 Å². The molecule has 0 saturated heterocycles. The van der Waals surface area contributed by atoms with Crippen molar-refractivity contribution in [2.75, 3.05) is 5.32 Å². The monoisotopic (exact) mass is 383 g/mol. The van der Waals surface area contributed by atoms with Gasteiger partial charge in [-0.15, -0.1) is 0 Å². The van der Waals surface area contributed by atoms with E-state index in [1.807, 2.05) is 35.1 Å². The molecule has 0 aliphatic carbocycles. The molecule has 27 heavy (non-hydrogen) atoms. The van der Waals surface area contributed by atoms with Crippen LogP contribution >= 0.6 is 0 Å². The van der Waals surface area contributed by atoms with Gasteiger partial charge in [-0.1, -0.05) is 48.5 Å². The molecule has 0 spiro atoms. The molecule has 1 aromatic heterocycles. The fraction of sp³-hybridized carbons (Fsp3) is 0.0526. The summed E-state index contributed by atoms with van der Waals surface area (Å²) >= 11 is 0. The second-order valence-corrected chi connectivity index (χ2v) is 7.18. The number of ether oxygens (including phenoxy) is 1. The number of hydrogen-bond acceptors (Lipinski definition) is 5. The zero-order valence-electron chi connectivity index (χ0n) is 14.2. The molecule has 0 aliphatic heterocycles. The van der Waals surface area contributed by atoms with Gasteiger partial charge in [-0.2, -0.15) is 0 Å². The van der Waals surface area contributed by atoms with E-state index in [0.29, 0.717) is 5.75 Å². The minimum Gasteiger partial charge on any atom is -0.485 e. The minimum atomic E-state index is -3.98. The van der Waals surface area contributed by atoms with Crippen LogP contribution in [-0.2, 0) is 16.6 Å². The van der Waals surface area contributed by atoms with Crippen molar-refractivity contribution < 1.29 is 17.9 Å². The Morgan fingerprint density at radius 2 is 1.59 bits per heavy atom. The molecule has 2 N–H and O–H groups in total. The highest BCUT2D eigenvalue weighted by Crippen LogP contribution is 2.22. The third-order valence-electron chi connectivity index (χ3n) is 3.52. The molecule has 2 amide bonds. The van der Waals surface area contributed by atoms with Gasteiger partial charge in [-0.3, -0.25) is 5.32 Å². The standard InChI is InChI=1S/C19H17N3O4S/c23-19(22-27(24,25)16-10-5-2-6-11-16)21-18-17(12-7-13-20-18)26-14-15-8-3-1-4-9-15/h1-13H,14H2,(H2,20,21,22,23). The Kier molecular flexibility index (Phi) is 5.68. The Labute approximate surface area is 157 Å². The molecule has 0 unspecified atom stereocenters. The second kappa shape index (κ2) is 8.33. The molecule has 0 saturated carbocycles. The predicted octanol–water partition coefficient (Wildman–Crippen LogP) is 3.17. The normalized spacial score (nSPS) is 10.8. The van der Waals surface area contributed by atoms with Gasteiger partial charge in [0.2, 0.25) is 0 Å². The highest BCUT2D eigenvalue weighted by Gasteiger charge is 2.18. The molecule has 3 aromatic rings. The van der Waals surface area contributed by atoms with Crippen molar-refractivity contribution in [3.05, 3.63) is 84.6 Å². The van der Waals surface area contributed by atoms with E-state index in [-0.39, 0.29) is 17.3 Å². The quantitative estimate of drug-likeness (QED) is 0.681. The fourth-order valence-electron chi connectivity index (χ4n) is 2.25. The third-order valence-corrected chi connectivity index (χ3v) is 4.87. The number of rotatable bonds is 6. The number of urea groups is 1. The van der Waals surface area contributed by atoms with Crippen LogP contribution in [0, 0.1) is 0 Å². The van der Waals surface area contributed by atoms with Gasteiger partial charge >= 0.3 is 6.03 Å². The van der Waals surface area contributed by atoms with E-state index in [4.69, 9.17) is 4.74 Å². The Hall–Kier alpha value is -3.39. The van der Waals surface area contributed by atoms with Gasteiger partial charge in [0.1, 0.15) is 6.61 Å². The largest absolute Gasteiger partial charge is 0.485 e. The number of benzene rings is 2. The van der Waals surface area contributed by atoms with Crippen LogP contribution in [0.2, 0.25) is 0 Å². The van der Waals surface area contributed by atoms with E-state index in [9.17, 15) is 13.2 Å². The number of nitrogens with one attached hydrogen (secondary N) is 2. The average Bonchev–Trinajstić information content (AvgIpc) is 2.68. The summed E-state index contributed by atoms with van der Waals surface area (Å²) < 4.78 is 32.0. The van der Waals surface area contributed by atoms with Crippen molar-refractivity contribution in [3.63, 3.8) is 0 Å². The number of sulfonamides is 1. The fourth-order valence-corrected chi connectivity index (χ4v) is 3.18. The highest BCUT2D eigenvalue weighted by atomic mass is 32.2. The van der Waals surface area contributed by atoms with Gasteiger partial charge in [0.15, 0.2) is 11.6 Å². The maximum Gasteiger partial charge on any atom is 0.334 e. The van der Waals surface area contributed by atoms with Gasteiger partial charge in [0, 0.05) is 6.20 Å². The van der Waals surface area contributed by atoms with Crippen molar-refractivity contribution in [3.8, 4) is 5.75 Å². The molecule has 0 atom stereocenters. The van der Waals surface area contributed by atoms with E-state index in [1.165, 1.54) is 18.3 Å². The van der Waals surface area contributed by atoms with Crippen LogP contribution in [0.3, 0.4) is 0 Å². The summed E-state index contributed by atoms with van der Waals surface area (Å²) in [5, 5.41) is 2.41. The number of anilines is 1. The van der Waals surface area contributed by atoms with Crippen LogP contribution in [0.1, 0.15) is 5.56 Å². The van der Waals surface area contributed by atoms with Crippen LogP contribution in [0.5, 0.6) is 5.75 Å². The molecular formula is C19H17N3O4S. The second-order valence-electron chi connectivity index (χ2n) is 5.50. The van der Waals surface area contributed by atoms with Gasteiger partial charge in [-0.25, -0.2) is 22.9 Å². The van der Waals surface area contributed by atoms with Crippen LogP contribution in [-0.4, -0.2) is 19.4 Å². The summed E-state index contributed by atoms with van der Waals surface area (Å²) in [5.41, 5.74) is 0.948. The molecule has 1 heterocycles. The minimum absolute atomic E-state index is 0.0123.